The molecule has 0 spiro atoms. The fraction of sp³-hybridized carbons (Fsp3) is 0.519. The van der Waals surface area contributed by atoms with Crippen LogP contribution in [0.5, 0.6) is 0 Å². The third-order valence-corrected chi connectivity index (χ3v) is 9.11. The molecule has 5 nitrogen and oxygen atoms in total. The summed E-state index contributed by atoms with van der Waals surface area (Å²) in [6.07, 6.45) is 8.70. The van der Waals surface area contributed by atoms with Crippen LogP contribution in [0.25, 0.3) is 0 Å². The molecule has 1 aliphatic carbocycles. The molecule has 1 aromatic heterocycles. The SMILES string of the molecule is O=C1CCCCN1CCC(=O)N1CCC(C2c3ncc(Br)cc3CCc3cc(Cl)cc(Br)c32)CC1. The van der Waals surface area contributed by atoms with Crippen LogP contribution in [-0.4, -0.2) is 52.8 Å². The van der Waals surface area contributed by atoms with E-state index in [1.807, 2.05) is 22.1 Å². The number of carbonyl (C=O) groups is 2. The Bertz CT molecular complexity index is 1130. The van der Waals surface area contributed by atoms with E-state index in [2.05, 4.69) is 44.0 Å². The summed E-state index contributed by atoms with van der Waals surface area (Å²) >= 11 is 13.9. The van der Waals surface area contributed by atoms with Gasteiger partial charge in [0.2, 0.25) is 11.8 Å². The van der Waals surface area contributed by atoms with Gasteiger partial charge in [0.05, 0.1) is 5.69 Å². The van der Waals surface area contributed by atoms with Crippen molar-refractivity contribution in [3.8, 4) is 0 Å². The number of piperidine rings is 2. The van der Waals surface area contributed by atoms with E-state index in [9.17, 15) is 9.59 Å². The monoisotopic (exact) mass is 621 g/mol. The Hall–Kier alpha value is -1.44. The van der Waals surface area contributed by atoms with E-state index in [0.29, 0.717) is 25.3 Å². The maximum absolute atomic E-state index is 13.0. The van der Waals surface area contributed by atoms with Crippen LogP contribution in [0.1, 0.15) is 66.8 Å². The van der Waals surface area contributed by atoms with Gasteiger partial charge in [-0.05, 0) is 95.3 Å². The van der Waals surface area contributed by atoms with Crippen LogP contribution in [0.2, 0.25) is 5.02 Å². The number of halogens is 3. The Morgan fingerprint density at radius 1 is 1.03 bits per heavy atom. The van der Waals surface area contributed by atoms with Gasteiger partial charge in [-0.2, -0.15) is 0 Å². The van der Waals surface area contributed by atoms with E-state index in [4.69, 9.17) is 16.6 Å². The van der Waals surface area contributed by atoms with E-state index in [-0.39, 0.29) is 17.7 Å². The molecule has 5 rings (SSSR count). The van der Waals surface area contributed by atoms with Crippen LogP contribution < -0.4 is 0 Å². The van der Waals surface area contributed by atoms with Crippen molar-refractivity contribution in [1.29, 1.82) is 0 Å². The number of nitrogens with zero attached hydrogens (tertiary/aromatic N) is 3. The number of hydrogen-bond acceptors (Lipinski definition) is 3. The first-order chi connectivity index (χ1) is 16.9. The first-order valence-corrected chi connectivity index (χ1v) is 14.5. The highest BCUT2D eigenvalue weighted by molar-refractivity contribution is 9.10. The van der Waals surface area contributed by atoms with E-state index in [1.54, 1.807) is 0 Å². The lowest BCUT2D eigenvalue weighted by Gasteiger charge is -2.37. The van der Waals surface area contributed by atoms with Crippen LogP contribution in [0.3, 0.4) is 0 Å². The second kappa shape index (κ2) is 10.9. The van der Waals surface area contributed by atoms with Gasteiger partial charge in [0.25, 0.3) is 0 Å². The summed E-state index contributed by atoms with van der Waals surface area (Å²) in [7, 11) is 0. The number of fused-ring (bicyclic) bond motifs is 2. The van der Waals surface area contributed by atoms with Crippen molar-refractivity contribution in [3.63, 3.8) is 0 Å². The standard InChI is InChI=1S/C27H30Br2ClN3O2/c28-20-13-19-5-4-18-14-21(30)15-22(29)25(18)26(27(19)31-16-20)17-6-10-33(11-7-17)24(35)8-12-32-9-2-1-3-23(32)34/h13-17,26H,1-12H2. The lowest BCUT2D eigenvalue weighted by atomic mass is 9.76. The summed E-state index contributed by atoms with van der Waals surface area (Å²) in [5.74, 6) is 0.923. The number of aryl methyl sites for hydroxylation is 2. The highest BCUT2D eigenvalue weighted by Crippen LogP contribution is 2.46. The van der Waals surface area contributed by atoms with Crippen LogP contribution in [0, 0.1) is 5.92 Å². The molecule has 2 fully saturated rings. The third kappa shape index (κ3) is 5.47. The number of likely N-dealkylation sites (tertiary alicyclic amines) is 2. The van der Waals surface area contributed by atoms with E-state index >= 15 is 0 Å². The molecule has 3 heterocycles. The summed E-state index contributed by atoms with van der Waals surface area (Å²) in [4.78, 5) is 33.8. The van der Waals surface area contributed by atoms with Crippen molar-refractivity contribution >= 4 is 55.3 Å². The number of rotatable bonds is 4. The zero-order valence-corrected chi connectivity index (χ0v) is 23.7. The van der Waals surface area contributed by atoms with Gasteiger partial charge in [-0.3, -0.25) is 14.6 Å². The first kappa shape index (κ1) is 25.2. The van der Waals surface area contributed by atoms with Crippen molar-refractivity contribution in [3.05, 3.63) is 60.7 Å². The molecule has 3 aliphatic rings. The highest BCUT2D eigenvalue weighted by atomic mass is 79.9. The van der Waals surface area contributed by atoms with Gasteiger partial charge >= 0.3 is 0 Å². The molecule has 0 N–H and O–H groups in total. The maximum atomic E-state index is 13.0. The molecule has 35 heavy (non-hydrogen) atoms. The number of pyridine rings is 1. The maximum Gasteiger partial charge on any atom is 0.224 e. The normalized spacial score (nSPS) is 20.9. The Morgan fingerprint density at radius 3 is 2.57 bits per heavy atom. The molecule has 2 aliphatic heterocycles. The summed E-state index contributed by atoms with van der Waals surface area (Å²) in [6.45, 7) is 2.84. The smallest absolute Gasteiger partial charge is 0.224 e. The molecule has 0 radical (unpaired) electrons. The average molecular weight is 624 g/mol. The fourth-order valence-electron chi connectivity index (χ4n) is 6.00. The van der Waals surface area contributed by atoms with Crippen molar-refractivity contribution in [2.75, 3.05) is 26.2 Å². The molecule has 2 aromatic rings. The van der Waals surface area contributed by atoms with Crippen LogP contribution in [-0.2, 0) is 22.4 Å². The van der Waals surface area contributed by atoms with Crippen molar-refractivity contribution < 1.29 is 9.59 Å². The Labute approximate surface area is 228 Å². The highest BCUT2D eigenvalue weighted by Gasteiger charge is 2.36. The molecule has 0 bridgehead atoms. The van der Waals surface area contributed by atoms with Crippen LogP contribution in [0.15, 0.2) is 33.3 Å². The van der Waals surface area contributed by atoms with Gasteiger partial charge in [0, 0.05) is 65.1 Å². The molecule has 2 saturated heterocycles. The van der Waals surface area contributed by atoms with Crippen LogP contribution in [0.4, 0.5) is 0 Å². The molecule has 1 unspecified atom stereocenters. The summed E-state index contributed by atoms with van der Waals surface area (Å²) < 4.78 is 2.05. The Morgan fingerprint density at radius 2 is 1.80 bits per heavy atom. The first-order valence-electron chi connectivity index (χ1n) is 12.6. The molecular weight excluding hydrogens is 594 g/mol. The van der Waals surface area contributed by atoms with Crippen molar-refractivity contribution in [2.45, 2.75) is 57.3 Å². The molecule has 8 heteroatoms. The Balaban J connectivity index is 1.33. The Kier molecular flexibility index (Phi) is 7.85. The number of aromatic nitrogens is 1. The third-order valence-electron chi connectivity index (χ3n) is 7.80. The average Bonchev–Trinajstić information content (AvgIpc) is 3.00. The van der Waals surface area contributed by atoms with Crippen LogP contribution >= 0.6 is 43.5 Å². The topological polar surface area (TPSA) is 53.5 Å². The summed E-state index contributed by atoms with van der Waals surface area (Å²) in [5.41, 5.74) is 5.03. The lowest BCUT2D eigenvalue weighted by Crippen LogP contribution is -2.42. The largest absolute Gasteiger partial charge is 0.343 e. The number of carbonyl (C=O) groups excluding carboxylic acids is 2. The quantitative estimate of drug-likeness (QED) is 0.412. The van der Waals surface area contributed by atoms with Crippen molar-refractivity contribution in [2.24, 2.45) is 5.92 Å². The predicted molar refractivity (Wildman–Crippen MR) is 145 cm³/mol. The van der Waals surface area contributed by atoms with Gasteiger partial charge in [0.1, 0.15) is 0 Å². The van der Waals surface area contributed by atoms with Gasteiger partial charge in [-0.1, -0.05) is 27.5 Å². The van der Waals surface area contributed by atoms with Gasteiger partial charge in [0.15, 0.2) is 0 Å². The van der Waals surface area contributed by atoms with E-state index in [1.165, 1.54) is 16.7 Å². The zero-order chi connectivity index (χ0) is 24.5. The summed E-state index contributed by atoms with van der Waals surface area (Å²) in [6, 6.07) is 6.31. The minimum atomic E-state index is 0.165. The van der Waals surface area contributed by atoms with Gasteiger partial charge in [-0.15, -0.1) is 0 Å². The molecule has 2 amide bonds. The fourth-order valence-corrected chi connectivity index (χ4v) is 7.50. The van der Waals surface area contributed by atoms with Gasteiger partial charge < -0.3 is 9.80 Å². The predicted octanol–water partition coefficient (Wildman–Crippen LogP) is 6.13. The number of amides is 2. The minimum Gasteiger partial charge on any atom is -0.343 e. The lowest BCUT2D eigenvalue weighted by molar-refractivity contribution is -0.136. The number of benzene rings is 1. The second-order valence-electron chi connectivity index (χ2n) is 9.94. The van der Waals surface area contributed by atoms with Gasteiger partial charge in [-0.25, -0.2) is 0 Å². The zero-order valence-electron chi connectivity index (χ0n) is 19.7. The molecule has 186 valence electrons. The van der Waals surface area contributed by atoms with E-state index in [0.717, 1.165) is 77.8 Å². The summed E-state index contributed by atoms with van der Waals surface area (Å²) in [5, 5.41) is 0.752. The second-order valence-corrected chi connectivity index (χ2v) is 12.1. The molecular formula is C27H30Br2ClN3O2. The van der Waals surface area contributed by atoms with E-state index < -0.39 is 0 Å². The molecule has 1 aromatic carbocycles. The number of hydrogen-bond donors (Lipinski definition) is 0. The molecule has 0 saturated carbocycles. The minimum absolute atomic E-state index is 0.165. The van der Waals surface area contributed by atoms with Crippen molar-refractivity contribution in [1.82, 2.24) is 14.8 Å². The molecule has 1 atom stereocenters.